The van der Waals surface area contributed by atoms with Gasteiger partial charge < -0.3 is 10.1 Å². The Morgan fingerprint density at radius 3 is 2.66 bits per heavy atom. The Balaban J connectivity index is 1.87. The van der Waals surface area contributed by atoms with Crippen LogP contribution in [0.25, 0.3) is 0 Å². The lowest BCUT2D eigenvalue weighted by Gasteiger charge is -2.40. The van der Waals surface area contributed by atoms with Gasteiger partial charge in [0.25, 0.3) is 0 Å². The molecule has 0 bridgehead atoms. The van der Waals surface area contributed by atoms with Gasteiger partial charge >= 0.3 is 5.97 Å². The van der Waals surface area contributed by atoms with Crippen LogP contribution >= 0.6 is 0 Å². The zero-order valence-corrected chi connectivity index (χ0v) is 17.7. The molecule has 0 heterocycles. The van der Waals surface area contributed by atoms with Gasteiger partial charge in [0.1, 0.15) is 5.82 Å². The summed E-state index contributed by atoms with van der Waals surface area (Å²) in [5, 5.41) is 3.78. The van der Waals surface area contributed by atoms with Crippen molar-refractivity contribution in [2.24, 2.45) is 5.92 Å². The molecule has 2 aromatic carbocycles. The molecule has 1 aliphatic rings. The Hall–Kier alpha value is -2.20. The van der Waals surface area contributed by atoms with Crippen LogP contribution in [0.1, 0.15) is 68.2 Å². The Morgan fingerprint density at radius 1 is 1.21 bits per heavy atom. The number of benzene rings is 2. The maximum absolute atomic E-state index is 14.4. The van der Waals surface area contributed by atoms with Crippen LogP contribution in [0, 0.1) is 18.7 Å². The number of hydrogen-bond acceptors (Lipinski definition) is 3. The highest BCUT2D eigenvalue weighted by molar-refractivity contribution is 5.69. The number of carbonyl (C=O) groups is 1. The van der Waals surface area contributed by atoms with E-state index < -0.39 is 0 Å². The molecule has 3 rings (SSSR count). The van der Waals surface area contributed by atoms with Crippen LogP contribution in [-0.2, 0) is 9.53 Å². The van der Waals surface area contributed by atoms with Crippen LogP contribution in [0.4, 0.5) is 4.39 Å². The van der Waals surface area contributed by atoms with Crippen LogP contribution in [0.5, 0.6) is 0 Å². The van der Waals surface area contributed by atoms with Gasteiger partial charge in [0, 0.05) is 24.4 Å². The lowest BCUT2D eigenvalue weighted by atomic mass is 9.70. The molecule has 3 nitrogen and oxygen atoms in total. The first-order chi connectivity index (χ1) is 14.0. The van der Waals surface area contributed by atoms with E-state index in [1.54, 1.807) is 13.0 Å². The molecular weight excluding hydrogens is 365 g/mol. The van der Waals surface area contributed by atoms with Crippen molar-refractivity contribution in [2.45, 2.75) is 64.5 Å². The topological polar surface area (TPSA) is 38.3 Å². The van der Waals surface area contributed by atoms with Crippen molar-refractivity contribution in [1.82, 2.24) is 5.32 Å². The van der Waals surface area contributed by atoms with Crippen molar-refractivity contribution >= 4 is 5.97 Å². The van der Waals surface area contributed by atoms with Crippen LogP contribution in [0.3, 0.4) is 0 Å². The Kier molecular flexibility index (Phi) is 7.43. The summed E-state index contributed by atoms with van der Waals surface area (Å²) in [6, 6.07) is 16.2. The molecule has 1 aliphatic carbocycles. The van der Waals surface area contributed by atoms with E-state index in [2.05, 4.69) is 24.4 Å². The molecule has 2 aromatic rings. The van der Waals surface area contributed by atoms with Gasteiger partial charge in [-0.05, 0) is 62.3 Å². The number of nitrogens with one attached hydrogen (secondary N) is 1. The second-order valence-electron chi connectivity index (χ2n) is 8.14. The van der Waals surface area contributed by atoms with Gasteiger partial charge in [0.15, 0.2) is 0 Å². The molecular formula is C25H32FNO2. The maximum Gasteiger partial charge on any atom is 0.306 e. The van der Waals surface area contributed by atoms with Crippen molar-refractivity contribution in [1.29, 1.82) is 0 Å². The van der Waals surface area contributed by atoms with Gasteiger partial charge in [-0.2, -0.15) is 0 Å². The predicted molar refractivity (Wildman–Crippen MR) is 114 cm³/mol. The molecule has 29 heavy (non-hydrogen) atoms. The van der Waals surface area contributed by atoms with Crippen LogP contribution in [0.15, 0.2) is 48.5 Å². The lowest BCUT2D eigenvalue weighted by molar-refractivity contribution is -0.144. The zero-order chi connectivity index (χ0) is 20.8. The summed E-state index contributed by atoms with van der Waals surface area (Å²) in [7, 11) is 0. The number of hydrogen-bond donors (Lipinski definition) is 1. The number of ether oxygens (including phenoxy) is 1. The first-order valence-electron chi connectivity index (χ1n) is 10.7. The van der Waals surface area contributed by atoms with Gasteiger partial charge in [-0.15, -0.1) is 0 Å². The maximum atomic E-state index is 14.4. The molecule has 0 spiro atoms. The van der Waals surface area contributed by atoms with E-state index >= 15 is 0 Å². The van der Waals surface area contributed by atoms with Crippen LogP contribution in [-0.4, -0.2) is 18.6 Å². The smallest absolute Gasteiger partial charge is 0.306 e. The summed E-state index contributed by atoms with van der Waals surface area (Å²) in [4.78, 5) is 12.2. The zero-order valence-electron chi connectivity index (χ0n) is 17.7. The third-order valence-electron chi connectivity index (χ3n) is 6.11. The average molecular weight is 398 g/mol. The van der Waals surface area contributed by atoms with Crippen molar-refractivity contribution in [3.8, 4) is 0 Å². The quantitative estimate of drug-likeness (QED) is 0.610. The Morgan fingerprint density at radius 2 is 1.97 bits per heavy atom. The minimum absolute atomic E-state index is 0.0782. The molecule has 1 saturated carbocycles. The van der Waals surface area contributed by atoms with E-state index in [0.717, 1.165) is 24.8 Å². The third-order valence-corrected chi connectivity index (χ3v) is 6.11. The van der Waals surface area contributed by atoms with E-state index in [-0.39, 0.29) is 35.7 Å². The van der Waals surface area contributed by atoms with Crippen molar-refractivity contribution < 1.29 is 13.9 Å². The molecule has 3 unspecified atom stereocenters. The fourth-order valence-corrected chi connectivity index (χ4v) is 4.62. The highest BCUT2D eigenvalue weighted by atomic mass is 19.1. The summed E-state index contributed by atoms with van der Waals surface area (Å²) in [6.07, 6.45) is 3.40. The SMILES string of the molecule is CCOC(=O)CC1CCCC(N[C@@H](C)c2ccccc2)C1c1ccc(C)c(F)c1. The summed E-state index contributed by atoms with van der Waals surface area (Å²) in [6.45, 7) is 6.17. The minimum Gasteiger partial charge on any atom is -0.466 e. The highest BCUT2D eigenvalue weighted by Crippen LogP contribution is 2.41. The van der Waals surface area contributed by atoms with E-state index in [0.29, 0.717) is 18.6 Å². The van der Waals surface area contributed by atoms with Gasteiger partial charge in [-0.25, -0.2) is 4.39 Å². The van der Waals surface area contributed by atoms with Crippen LogP contribution in [0.2, 0.25) is 0 Å². The summed E-state index contributed by atoms with van der Waals surface area (Å²) < 4.78 is 19.6. The van der Waals surface area contributed by atoms with E-state index in [1.165, 1.54) is 5.56 Å². The Bertz CT molecular complexity index is 808. The predicted octanol–water partition coefficient (Wildman–Crippen LogP) is 5.69. The fraction of sp³-hybridized carbons (Fsp3) is 0.480. The largest absolute Gasteiger partial charge is 0.466 e. The lowest BCUT2D eigenvalue weighted by Crippen LogP contribution is -2.43. The first kappa shape index (κ1) is 21.5. The van der Waals surface area contributed by atoms with E-state index in [9.17, 15) is 9.18 Å². The van der Waals surface area contributed by atoms with Crippen molar-refractivity contribution in [3.05, 3.63) is 71.0 Å². The number of carbonyl (C=O) groups excluding carboxylic acids is 1. The molecule has 1 N–H and O–H groups in total. The first-order valence-corrected chi connectivity index (χ1v) is 10.7. The van der Waals surface area contributed by atoms with E-state index in [1.807, 2.05) is 37.3 Å². The van der Waals surface area contributed by atoms with Crippen molar-refractivity contribution in [2.75, 3.05) is 6.61 Å². The number of rotatable bonds is 7. The highest BCUT2D eigenvalue weighted by Gasteiger charge is 2.36. The molecule has 4 heteroatoms. The van der Waals surface area contributed by atoms with Crippen molar-refractivity contribution in [3.63, 3.8) is 0 Å². The molecule has 0 aromatic heterocycles. The van der Waals surface area contributed by atoms with Gasteiger partial charge in [0.05, 0.1) is 6.61 Å². The second-order valence-corrected chi connectivity index (χ2v) is 8.14. The number of esters is 1. The monoisotopic (exact) mass is 397 g/mol. The van der Waals surface area contributed by atoms with Gasteiger partial charge in [0.2, 0.25) is 0 Å². The summed E-state index contributed by atoms with van der Waals surface area (Å²) in [5.74, 6) is -0.121. The molecule has 0 amide bonds. The summed E-state index contributed by atoms with van der Waals surface area (Å²) >= 11 is 0. The Labute approximate surface area is 173 Å². The van der Waals surface area contributed by atoms with E-state index in [4.69, 9.17) is 4.74 Å². The summed E-state index contributed by atoms with van der Waals surface area (Å²) in [5.41, 5.74) is 2.85. The normalized spacial score (nSPS) is 22.8. The molecule has 4 atom stereocenters. The number of aryl methyl sites for hydroxylation is 1. The molecule has 0 aliphatic heterocycles. The number of halogens is 1. The second kappa shape index (κ2) is 10.0. The van der Waals surface area contributed by atoms with Crippen LogP contribution < -0.4 is 5.32 Å². The fourth-order valence-electron chi connectivity index (χ4n) is 4.62. The molecule has 1 fully saturated rings. The third kappa shape index (κ3) is 5.45. The molecule has 0 radical (unpaired) electrons. The minimum atomic E-state index is -0.183. The molecule has 156 valence electrons. The van der Waals surface area contributed by atoms with Gasteiger partial charge in [-0.1, -0.05) is 48.9 Å². The van der Waals surface area contributed by atoms with Gasteiger partial charge in [-0.3, -0.25) is 4.79 Å². The molecule has 0 saturated heterocycles. The average Bonchev–Trinajstić information content (AvgIpc) is 2.71. The standard InChI is InChI=1S/C25H32FNO2/c1-4-29-24(28)16-20-11-8-12-23(27-18(3)19-9-6-5-7-10-19)25(20)21-14-13-17(2)22(26)15-21/h5-7,9-10,13-15,18,20,23,25,27H,4,8,11-12,16H2,1-3H3/t18-,20?,23?,25?/m0/s1.